The van der Waals surface area contributed by atoms with Gasteiger partial charge in [-0.15, -0.1) is 0 Å². The molecule has 4 unspecified atom stereocenters. The fourth-order valence-electron chi connectivity index (χ4n) is 3.32. The SMILES string of the molecule is CC(=O)Nc1ncnc2c1ncn2C1OC(COC(C)=O)C(NC(=O)C(F)(F)F)C1OC(C)=O. The number of hydrogen-bond donors (Lipinski definition) is 2. The molecular formula is C18H19F3N6O7. The highest BCUT2D eigenvalue weighted by Gasteiger charge is 2.52. The van der Waals surface area contributed by atoms with Crippen molar-refractivity contribution in [3.05, 3.63) is 12.7 Å². The van der Waals surface area contributed by atoms with E-state index in [2.05, 4.69) is 20.3 Å². The molecule has 1 aliphatic rings. The normalized spacial score (nSPS) is 22.3. The summed E-state index contributed by atoms with van der Waals surface area (Å²) in [5.74, 6) is -4.33. The minimum absolute atomic E-state index is 0.0525. The molecule has 0 spiro atoms. The van der Waals surface area contributed by atoms with Gasteiger partial charge in [-0.3, -0.25) is 23.7 Å². The number of ether oxygens (including phenoxy) is 3. The molecule has 1 saturated heterocycles. The summed E-state index contributed by atoms with van der Waals surface area (Å²) in [7, 11) is 0. The molecule has 34 heavy (non-hydrogen) atoms. The van der Waals surface area contributed by atoms with Gasteiger partial charge < -0.3 is 24.8 Å². The van der Waals surface area contributed by atoms with E-state index < -0.39 is 61.0 Å². The molecule has 3 rings (SSSR count). The lowest BCUT2D eigenvalue weighted by Crippen LogP contribution is -2.53. The zero-order chi connectivity index (χ0) is 25.2. The largest absolute Gasteiger partial charge is 0.471 e. The average Bonchev–Trinajstić information content (AvgIpc) is 3.27. The number of amides is 2. The lowest BCUT2D eigenvalue weighted by Gasteiger charge is -2.25. The van der Waals surface area contributed by atoms with Crippen molar-refractivity contribution in [3.8, 4) is 0 Å². The molecule has 184 valence electrons. The smallest absolute Gasteiger partial charge is 0.463 e. The van der Waals surface area contributed by atoms with Gasteiger partial charge in [0, 0.05) is 20.8 Å². The Hall–Kier alpha value is -3.82. The van der Waals surface area contributed by atoms with Crippen molar-refractivity contribution in [2.45, 2.75) is 51.4 Å². The zero-order valence-corrected chi connectivity index (χ0v) is 18.0. The molecular weight excluding hydrogens is 469 g/mol. The third-order valence-corrected chi connectivity index (χ3v) is 4.59. The summed E-state index contributed by atoms with van der Waals surface area (Å²) in [5, 5.41) is 4.20. The molecule has 0 saturated carbocycles. The van der Waals surface area contributed by atoms with Crippen LogP contribution in [-0.2, 0) is 33.4 Å². The quantitative estimate of drug-likeness (QED) is 0.538. The summed E-state index contributed by atoms with van der Waals surface area (Å²) in [5.41, 5.74) is 0.192. The first kappa shape index (κ1) is 24.8. The molecule has 2 amide bonds. The Morgan fingerprint density at radius 3 is 2.41 bits per heavy atom. The number of rotatable bonds is 6. The maximum absolute atomic E-state index is 12.9. The molecule has 0 aliphatic carbocycles. The van der Waals surface area contributed by atoms with Crippen LogP contribution in [0.3, 0.4) is 0 Å². The van der Waals surface area contributed by atoms with Crippen LogP contribution in [0, 0.1) is 0 Å². The van der Waals surface area contributed by atoms with Gasteiger partial charge in [0.2, 0.25) is 5.91 Å². The maximum Gasteiger partial charge on any atom is 0.471 e. The van der Waals surface area contributed by atoms with Gasteiger partial charge >= 0.3 is 24.0 Å². The number of nitrogens with one attached hydrogen (secondary N) is 2. The van der Waals surface area contributed by atoms with Crippen LogP contribution in [0.1, 0.15) is 27.0 Å². The van der Waals surface area contributed by atoms with Crippen LogP contribution < -0.4 is 10.6 Å². The van der Waals surface area contributed by atoms with E-state index in [1.165, 1.54) is 17.8 Å². The minimum atomic E-state index is -5.24. The van der Waals surface area contributed by atoms with Crippen molar-refractivity contribution in [3.63, 3.8) is 0 Å². The van der Waals surface area contributed by atoms with E-state index in [0.717, 1.165) is 20.2 Å². The molecule has 3 heterocycles. The Bertz CT molecular complexity index is 1120. The zero-order valence-electron chi connectivity index (χ0n) is 18.0. The van der Waals surface area contributed by atoms with Crippen molar-refractivity contribution in [1.29, 1.82) is 0 Å². The number of alkyl halides is 3. The molecule has 13 nitrogen and oxygen atoms in total. The number of nitrogens with zero attached hydrogens (tertiary/aromatic N) is 4. The molecule has 0 aromatic carbocycles. The summed E-state index contributed by atoms with van der Waals surface area (Å²) in [4.78, 5) is 58.2. The molecule has 0 bridgehead atoms. The van der Waals surface area contributed by atoms with Crippen molar-refractivity contribution in [2.75, 3.05) is 11.9 Å². The van der Waals surface area contributed by atoms with E-state index >= 15 is 0 Å². The molecule has 1 aliphatic heterocycles. The fraction of sp³-hybridized carbons (Fsp3) is 0.500. The van der Waals surface area contributed by atoms with E-state index in [0.29, 0.717) is 0 Å². The summed E-state index contributed by atoms with van der Waals surface area (Å²) in [6, 6.07) is -1.56. The van der Waals surface area contributed by atoms with Gasteiger partial charge in [-0.25, -0.2) is 15.0 Å². The number of imidazole rings is 1. The van der Waals surface area contributed by atoms with Gasteiger partial charge in [0.25, 0.3) is 0 Å². The van der Waals surface area contributed by atoms with Gasteiger partial charge in [0.1, 0.15) is 25.1 Å². The fourth-order valence-corrected chi connectivity index (χ4v) is 3.32. The summed E-state index contributed by atoms with van der Waals surface area (Å²) in [6.07, 6.45) is -7.14. The Morgan fingerprint density at radius 1 is 1.12 bits per heavy atom. The average molecular weight is 488 g/mol. The van der Waals surface area contributed by atoms with E-state index in [1.54, 1.807) is 5.32 Å². The van der Waals surface area contributed by atoms with Crippen LogP contribution in [0.2, 0.25) is 0 Å². The molecule has 2 N–H and O–H groups in total. The number of halogens is 3. The number of hydrogen-bond acceptors (Lipinski definition) is 10. The van der Waals surface area contributed by atoms with Gasteiger partial charge in [-0.2, -0.15) is 13.2 Å². The molecule has 4 atom stereocenters. The van der Waals surface area contributed by atoms with Gasteiger partial charge in [0.15, 0.2) is 29.3 Å². The third kappa shape index (κ3) is 5.38. The predicted octanol–water partition coefficient (Wildman–Crippen LogP) is 0.224. The first-order valence-electron chi connectivity index (χ1n) is 9.67. The number of carbonyl (C=O) groups excluding carboxylic acids is 4. The highest BCUT2D eigenvalue weighted by Crippen LogP contribution is 2.35. The van der Waals surface area contributed by atoms with Crippen LogP contribution in [0.15, 0.2) is 12.7 Å². The maximum atomic E-state index is 12.9. The van der Waals surface area contributed by atoms with Gasteiger partial charge in [-0.05, 0) is 0 Å². The highest BCUT2D eigenvalue weighted by atomic mass is 19.4. The lowest BCUT2D eigenvalue weighted by molar-refractivity contribution is -0.176. The Morgan fingerprint density at radius 2 is 1.82 bits per heavy atom. The topological polar surface area (TPSA) is 164 Å². The number of esters is 2. The van der Waals surface area contributed by atoms with E-state index in [4.69, 9.17) is 14.2 Å². The Balaban J connectivity index is 2.04. The van der Waals surface area contributed by atoms with Crippen molar-refractivity contribution in [2.24, 2.45) is 0 Å². The van der Waals surface area contributed by atoms with Crippen LogP contribution >= 0.6 is 0 Å². The predicted molar refractivity (Wildman–Crippen MR) is 104 cm³/mol. The number of carbonyl (C=O) groups is 4. The molecule has 0 radical (unpaired) electrons. The van der Waals surface area contributed by atoms with Crippen molar-refractivity contribution >= 4 is 40.7 Å². The van der Waals surface area contributed by atoms with E-state index in [-0.39, 0.29) is 17.0 Å². The standard InChI is InChI=1S/C18H19F3N6O7/c1-7(28)25-14-12-15(23-5-22-14)27(6-24-12)16-13(33-9(3)30)11(26-17(31)18(19,20)21)10(34-16)4-32-8(2)29/h5-6,10-11,13,16H,4H2,1-3H3,(H,26,31)(H,22,23,25,28). The summed E-state index contributed by atoms with van der Waals surface area (Å²) >= 11 is 0. The van der Waals surface area contributed by atoms with E-state index in [9.17, 15) is 32.3 Å². The molecule has 2 aromatic heterocycles. The second-order valence-electron chi connectivity index (χ2n) is 7.17. The monoisotopic (exact) mass is 488 g/mol. The van der Waals surface area contributed by atoms with Crippen LogP contribution in [0.25, 0.3) is 11.2 Å². The summed E-state index contributed by atoms with van der Waals surface area (Å²) < 4.78 is 55.9. The molecule has 1 fully saturated rings. The molecule has 2 aromatic rings. The molecule has 16 heteroatoms. The van der Waals surface area contributed by atoms with Gasteiger partial charge in [0.05, 0.1) is 6.33 Å². The highest BCUT2D eigenvalue weighted by molar-refractivity contribution is 5.95. The van der Waals surface area contributed by atoms with Gasteiger partial charge in [-0.1, -0.05) is 0 Å². The van der Waals surface area contributed by atoms with E-state index in [1.807, 2.05) is 0 Å². The van der Waals surface area contributed by atoms with Crippen molar-refractivity contribution < 1.29 is 46.6 Å². The Labute approximate surface area is 189 Å². The Kier molecular flexibility index (Phi) is 6.99. The second-order valence-corrected chi connectivity index (χ2v) is 7.17. The van der Waals surface area contributed by atoms with Crippen LogP contribution in [0.5, 0.6) is 0 Å². The number of anilines is 1. The number of aromatic nitrogens is 4. The first-order valence-corrected chi connectivity index (χ1v) is 9.67. The van der Waals surface area contributed by atoms with Crippen LogP contribution in [-0.4, -0.2) is 74.3 Å². The summed E-state index contributed by atoms with van der Waals surface area (Å²) in [6.45, 7) is 2.78. The van der Waals surface area contributed by atoms with Crippen LogP contribution in [0.4, 0.5) is 19.0 Å². The van der Waals surface area contributed by atoms with Crippen molar-refractivity contribution in [1.82, 2.24) is 24.8 Å². The third-order valence-electron chi connectivity index (χ3n) is 4.59. The first-order chi connectivity index (χ1) is 15.9. The number of fused-ring (bicyclic) bond motifs is 1. The minimum Gasteiger partial charge on any atom is -0.463 e. The second kappa shape index (κ2) is 9.58. The lowest BCUT2D eigenvalue weighted by atomic mass is 10.1.